The summed E-state index contributed by atoms with van der Waals surface area (Å²) >= 11 is 12.4. The van der Waals surface area contributed by atoms with Crippen LogP contribution in [0, 0.1) is 0 Å². The number of hydrogen-bond donors (Lipinski definition) is 0. The Bertz CT molecular complexity index is 756. The van der Waals surface area contributed by atoms with Gasteiger partial charge in [-0.05, 0) is 17.2 Å². The lowest BCUT2D eigenvalue weighted by atomic mass is 10.0. The first-order valence-corrected chi connectivity index (χ1v) is 7.16. The van der Waals surface area contributed by atoms with Gasteiger partial charge in [0.05, 0.1) is 0 Å². The second-order valence-electron chi connectivity index (χ2n) is 4.49. The summed E-state index contributed by atoms with van der Waals surface area (Å²) < 4.78 is 0. The van der Waals surface area contributed by atoms with E-state index < -0.39 is 0 Å². The fraction of sp³-hybridized carbons (Fsp3) is 0.125. The van der Waals surface area contributed by atoms with Gasteiger partial charge >= 0.3 is 0 Å². The highest BCUT2D eigenvalue weighted by Gasteiger charge is 2.13. The SMILES string of the molecule is CCc1c(Cl)nc(-c2cccc3ccccc23)nc1Cl. The van der Waals surface area contributed by atoms with E-state index in [1.54, 1.807) is 0 Å². The molecule has 20 heavy (non-hydrogen) atoms. The monoisotopic (exact) mass is 302 g/mol. The normalized spacial score (nSPS) is 10.9. The van der Waals surface area contributed by atoms with Crippen LogP contribution in [0.2, 0.25) is 10.3 Å². The topological polar surface area (TPSA) is 25.8 Å². The van der Waals surface area contributed by atoms with E-state index in [0.717, 1.165) is 21.9 Å². The molecule has 0 saturated heterocycles. The standard InChI is InChI=1S/C16H12Cl2N2/c1-2-11-14(17)19-16(20-15(11)18)13-9-5-7-10-6-3-4-8-12(10)13/h3-9H,2H2,1H3. The molecule has 0 atom stereocenters. The first kappa shape index (κ1) is 13.3. The zero-order valence-corrected chi connectivity index (χ0v) is 12.4. The van der Waals surface area contributed by atoms with Gasteiger partial charge < -0.3 is 0 Å². The lowest BCUT2D eigenvalue weighted by molar-refractivity contribution is 1.05. The van der Waals surface area contributed by atoms with Crippen LogP contribution in [0.3, 0.4) is 0 Å². The van der Waals surface area contributed by atoms with Gasteiger partial charge in [0.1, 0.15) is 10.3 Å². The second kappa shape index (κ2) is 5.39. The van der Waals surface area contributed by atoms with Crippen LogP contribution < -0.4 is 0 Å². The Balaban J connectivity index is 2.26. The summed E-state index contributed by atoms with van der Waals surface area (Å²) in [6.45, 7) is 1.98. The summed E-state index contributed by atoms with van der Waals surface area (Å²) in [7, 11) is 0. The lowest BCUT2D eigenvalue weighted by Gasteiger charge is -2.09. The molecule has 0 aliphatic heterocycles. The van der Waals surface area contributed by atoms with Gasteiger partial charge in [0.25, 0.3) is 0 Å². The summed E-state index contributed by atoms with van der Waals surface area (Å²) in [6.07, 6.45) is 0.716. The van der Waals surface area contributed by atoms with Gasteiger partial charge in [0.2, 0.25) is 0 Å². The molecule has 100 valence electrons. The highest BCUT2D eigenvalue weighted by Crippen LogP contribution is 2.30. The Kier molecular flexibility index (Phi) is 3.60. The van der Waals surface area contributed by atoms with Crippen LogP contribution in [0.5, 0.6) is 0 Å². The van der Waals surface area contributed by atoms with Gasteiger partial charge in [-0.15, -0.1) is 0 Å². The van der Waals surface area contributed by atoms with Crippen molar-refractivity contribution in [3.8, 4) is 11.4 Å². The molecule has 0 spiro atoms. The first-order valence-electron chi connectivity index (χ1n) is 6.40. The van der Waals surface area contributed by atoms with E-state index in [-0.39, 0.29) is 0 Å². The van der Waals surface area contributed by atoms with E-state index in [4.69, 9.17) is 23.2 Å². The van der Waals surface area contributed by atoms with Crippen molar-refractivity contribution >= 4 is 34.0 Å². The molecule has 3 aromatic rings. The minimum atomic E-state index is 0.426. The summed E-state index contributed by atoms with van der Waals surface area (Å²) in [5, 5.41) is 3.08. The van der Waals surface area contributed by atoms with Crippen molar-refractivity contribution in [3.63, 3.8) is 0 Å². The maximum Gasteiger partial charge on any atom is 0.163 e. The Morgan fingerprint density at radius 3 is 2.25 bits per heavy atom. The van der Waals surface area contributed by atoms with Crippen LogP contribution in [-0.2, 0) is 6.42 Å². The van der Waals surface area contributed by atoms with Crippen molar-refractivity contribution in [3.05, 3.63) is 58.3 Å². The van der Waals surface area contributed by atoms with E-state index in [9.17, 15) is 0 Å². The van der Waals surface area contributed by atoms with Crippen LogP contribution >= 0.6 is 23.2 Å². The van der Waals surface area contributed by atoms with E-state index >= 15 is 0 Å². The highest BCUT2D eigenvalue weighted by molar-refractivity contribution is 6.34. The van der Waals surface area contributed by atoms with Gasteiger partial charge in [-0.1, -0.05) is 72.6 Å². The maximum atomic E-state index is 6.20. The number of benzene rings is 2. The largest absolute Gasteiger partial charge is 0.216 e. The summed E-state index contributed by atoms with van der Waals surface area (Å²) in [5.41, 5.74) is 1.73. The third-order valence-corrected chi connectivity index (χ3v) is 3.92. The molecule has 0 aliphatic rings. The van der Waals surface area contributed by atoms with E-state index in [2.05, 4.69) is 22.1 Å². The zero-order valence-electron chi connectivity index (χ0n) is 10.9. The number of rotatable bonds is 2. The molecule has 4 heteroatoms. The molecule has 0 unspecified atom stereocenters. The van der Waals surface area contributed by atoms with Crippen molar-refractivity contribution in [2.45, 2.75) is 13.3 Å². The maximum absolute atomic E-state index is 6.20. The molecule has 0 aliphatic carbocycles. The molecule has 0 fully saturated rings. The van der Waals surface area contributed by atoms with E-state index in [1.165, 1.54) is 0 Å². The predicted octanol–water partition coefficient (Wildman–Crippen LogP) is 5.17. The molecule has 0 N–H and O–H groups in total. The van der Waals surface area contributed by atoms with Crippen LogP contribution in [0.25, 0.3) is 22.2 Å². The third kappa shape index (κ3) is 2.26. The Labute approximate surface area is 127 Å². The molecular formula is C16H12Cl2N2. The van der Waals surface area contributed by atoms with Crippen molar-refractivity contribution in [2.24, 2.45) is 0 Å². The number of hydrogen-bond acceptors (Lipinski definition) is 2. The van der Waals surface area contributed by atoms with Crippen LogP contribution in [0.4, 0.5) is 0 Å². The Morgan fingerprint density at radius 2 is 1.55 bits per heavy atom. The van der Waals surface area contributed by atoms with Gasteiger partial charge in [-0.3, -0.25) is 0 Å². The average molecular weight is 303 g/mol. The minimum absolute atomic E-state index is 0.426. The first-order chi connectivity index (χ1) is 9.70. The lowest BCUT2D eigenvalue weighted by Crippen LogP contribution is -1.97. The van der Waals surface area contributed by atoms with Crippen molar-refractivity contribution in [2.75, 3.05) is 0 Å². The van der Waals surface area contributed by atoms with Gasteiger partial charge in [0, 0.05) is 11.1 Å². The average Bonchev–Trinajstić information content (AvgIpc) is 2.46. The highest BCUT2D eigenvalue weighted by atomic mass is 35.5. The fourth-order valence-electron chi connectivity index (χ4n) is 2.26. The van der Waals surface area contributed by atoms with Crippen LogP contribution in [0.15, 0.2) is 42.5 Å². The predicted molar refractivity (Wildman–Crippen MR) is 84.4 cm³/mol. The van der Waals surface area contributed by atoms with Gasteiger partial charge in [-0.25, -0.2) is 9.97 Å². The Hall–Kier alpha value is -1.64. The van der Waals surface area contributed by atoms with E-state index in [0.29, 0.717) is 22.6 Å². The summed E-state index contributed by atoms with van der Waals surface area (Å²) in [4.78, 5) is 8.79. The molecule has 0 saturated carbocycles. The van der Waals surface area contributed by atoms with Crippen molar-refractivity contribution in [1.29, 1.82) is 0 Å². The Morgan fingerprint density at radius 1 is 0.900 bits per heavy atom. The van der Waals surface area contributed by atoms with E-state index in [1.807, 2.05) is 37.3 Å². The van der Waals surface area contributed by atoms with Gasteiger partial charge in [-0.2, -0.15) is 0 Å². The molecule has 1 aromatic heterocycles. The quantitative estimate of drug-likeness (QED) is 0.611. The smallest absolute Gasteiger partial charge is 0.163 e. The molecule has 2 nitrogen and oxygen atoms in total. The second-order valence-corrected chi connectivity index (χ2v) is 5.20. The molecule has 0 radical (unpaired) electrons. The minimum Gasteiger partial charge on any atom is -0.216 e. The molecule has 2 aromatic carbocycles. The van der Waals surface area contributed by atoms with Crippen molar-refractivity contribution < 1.29 is 0 Å². The van der Waals surface area contributed by atoms with Crippen LogP contribution in [0.1, 0.15) is 12.5 Å². The number of nitrogens with zero attached hydrogens (tertiary/aromatic N) is 2. The summed E-state index contributed by atoms with van der Waals surface area (Å²) in [5.74, 6) is 0.564. The molecule has 0 amide bonds. The molecule has 3 rings (SSSR count). The summed E-state index contributed by atoms with van der Waals surface area (Å²) in [6, 6.07) is 14.1. The third-order valence-electron chi connectivity index (χ3n) is 3.29. The van der Waals surface area contributed by atoms with Gasteiger partial charge in [0.15, 0.2) is 5.82 Å². The number of fused-ring (bicyclic) bond motifs is 1. The zero-order chi connectivity index (χ0) is 14.1. The fourth-order valence-corrected chi connectivity index (χ4v) is 2.92. The van der Waals surface area contributed by atoms with Crippen molar-refractivity contribution in [1.82, 2.24) is 9.97 Å². The number of halogens is 2. The number of aromatic nitrogens is 2. The molecular weight excluding hydrogens is 291 g/mol. The molecule has 0 bridgehead atoms. The molecule has 1 heterocycles. The van der Waals surface area contributed by atoms with Crippen LogP contribution in [-0.4, -0.2) is 9.97 Å².